The number of amides is 1. The lowest BCUT2D eigenvalue weighted by Gasteiger charge is -2.06. The van der Waals surface area contributed by atoms with Crippen molar-refractivity contribution in [1.82, 2.24) is 4.98 Å². The van der Waals surface area contributed by atoms with Crippen molar-refractivity contribution in [3.05, 3.63) is 66.2 Å². The Morgan fingerprint density at radius 3 is 2.50 bits per heavy atom. The molecule has 0 aliphatic heterocycles. The molecule has 0 spiro atoms. The van der Waals surface area contributed by atoms with E-state index in [1.165, 1.54) is 16.2 Å². The van der Waals surface area contributed by atoms with Gasteiger partial charge >= 0.3 is 0 Å². The summed E-state index contributed by atoms with van der Waals surface area (Å²) in [5, 5.41) is 3.82. The summed E-state index contributed by atoms with van der Waals surface area (Å²) in [7, 11) is 0. The summed E-state index contributed by atoms with van der Waals surface area (Å²) in [5.74, 6) is 0.983. The number of hydrogen-bond acceptors (Lipinski definition) is 4. The molecule has 0 aliphatic carbocycles. The predicted octanol–water partition coefficient (Wildman–Crippen LogP) is 5.32. The number of thioether (sulfide) groups is 1. The minimum atomic E-state index is 0.0464. The van der Waals surface area contributed by atoms with Crippen molar-refractivity contribution >= 4 is 34.0 Å². The van der Waals surface area contributed by atoms with Crippen LogP contribution in [0.15, 0.2) is 71.1 Å². The molecule has 5 heteroatoms. The van der Waals surface area contributed by atoms with E-state index in [0.29, 0.717) is 6.42 Å². The molecule has 0 aliphatic rings. The number of benzene rings is 2. The zero-order valence-electron chi connectivity index (χ0n) is 13.1. The first-order valence-electron chi connectivity index (χ1n) is 7.79. The van der Waals surface area contributed by atoms with Crippen molar-refractivity contribution in [2.24, 2.45) is 0 Å². The van der Waals surface area contributed by atoms with E-state index in [2.05, 4.69) is 22.4 Å². The van der Waals surface area contributed by atoms with Gasteiger partial charge in [-0.2, -0.15) is 0 Å². The molecule has 1 heterocycles. The number of nitrogens with zero attached hydrogens (tertiary/aromatic N) is 1. The van der Waals surface area contributed by atoms with Crippen LogP contribution in [0.25, 0.3) is 11.3 Å². The maximum absolute atomic E-state index is 12.2. The van der Waals surface area contributed by atoms with Gasteiger partial charge in [0.1, 0.15) is 10.7 Å². The summed E-state index contributed by atoms with van der Waals surface area (Å²) >= 11 is 3.24. The Kier molecular flexibility index (Phi) is 6.04. The quantitative estimate of drug-likeness (QED) is 0.461. The normalized spacial score (nSPS) is 10.5. The Labute approximate surface area is 150 Å². The number of hydrogen-bond donors (Lipinski definition) is 1. The highest BCUT2D eigenvalue weighted by molar-refractivity contribution is 7.99. The van der Waals surface area contributed by atoms with Crippen molar-refractivity contribution in [1.29, 1.82) is 0 Å². The Morgan fingerprint density at radius 1 is 1.04 bits per heavy atom. The SMILES string of the molecule is O=C(CCCSc1ccccc1)Nc1scnc1-c1ccccc1. The van der Waals surface area contributed by atoms with Crippen molar-refractivity contribution in [2.45, 2.75) is 17.7 Å². The van der Waals surface area contributed by atoms with E-state index in [0.717, 1.165) is 28.4 Å². The minimum Gasteiger partial charge on any atom is -0.316 e. The number of carbonyl (C=O) groups is 1. The van der Waals surface area contributed by atoms with Crippen LogP contribution in [0.5, 0.6) is 0 Å². The first kappa shape index (κ1) is 16.7. The number of rotatable bonds is 7. The standard InChI is InChI=1S/C19H18N2OS2/c22-17(12-7-13-23-16-10-5-2-6-11-16)21-19-18(20-14-24-19)15-8-3-1-4-9-15/h1-6,8-11,14H,7,12-13H2,(H,21,22). The second kappa shape index (κ2) is 8.66. The Bertz CT molecular complexity index is 772. The molecular weight excluding hydrogens is 336 g/mol. The van der Waals surface area contributed by atoms with Gasteiger partial charge in [-0.3, -0.25) is 4.79 Å². The molecule has 1 aromatic heterocycles. The zero-order chi connectivity index (χ0) is 16.6. The van der Waals surface area contributed by atoms with Crippen LogP contribution in [0.2, 0.25) is 0 Å². The van der Waals surface area contributed by atoms with Gasteiger partial charge in [0.2, 0.25) is 5.91 Å². The smallest absolute Gasteiger partial charge is 0.225 e. The van der Waals surface area contributed by atoms with Crippen LogP contribution in [-0.2, 0) is 4.79 Å². The van der Waals surface area contributed by atoms with Crippen LogP contribution in [-0.4, -0.2) is 16.6 Å². The molecule has 122 valence electrons. The molecule has 2 aromatic carbocycles. The van der Waals surface area contributed by atoms with E-state index in [-0.39, 0.29) is 5.91 Å². The molecule has 0 fully saturated rings. The molecule has 0 unspecified atom stereocenters. The van der Waals surface area contributed by atoms with E-state index >= 15 is 0 Å². The van der Waals surface area contributed by atoms with Gasteiger partial charge in [-0.15, -0.1) is 23.1 Å². The van der Waals surface area contributed by atoms with Crippen molar-refractivity contribution in [3.8, 4) is 11.3 Å². The lowest BCUT2D eigenvalue weighted by atomic mass is 10.2. The molecule has 0 radical (unpaired) electrons. The molecule has 0 saturated carbocycles. The minimum absolute atomic E-state index is 0.0464. The zero-order valence-corrected chi connectivity index (χ0v) is 14.8. The van der Waals surface area contributed by atoms with Crippen molar-refractivity contribution in [2.75, 3.05) is 11.1 Å². The summed E-state index contributed by atoms with van der Waals surface area (Å²) in [6.45, 7) is 0. The average molecular weight is 355 g/mol. The number of aromatic nitrogens is 1. The Hall–Kier alpha value is -2.11. The van der Waals surface area contributed by atoms with Gasteiger partial charge in [-0.05, 0) is 24.3 Å². The highest BCUT2D eigenvalue weighted by Crippen LogP contribution is 2.30. The van der Waals surface area contributed by atoms with Crippen LogP contribution in [0, 0.1) is 0 Å². The van der Waals surface area contributed by atoms with Gasteiger partial charge in [-0.25, -0.2) is 4.98 Å². The molecule has 3 nitrogen and oxygen atoms in total. The summed E-state index contributed by atoms with van der Waals surface area (Å²) in [5.41, 5.74) is 3.63. The van der Waals surface area contributed by atoms with E-state index in [1.54, 1.807) is 17.3 Å². The molecule has 1 amide bonds. The Balaban J connectivity index is 1.48. The van der Waals surface area contributed by atoms with Gasteiger partial charge in [0.05, 0.1) is 5.51 Å². The molecule has 0 atom stereocenters. The molecule has 0 saturated heterocycles. The number of anilines is 1. The third-order valence-corrected chi connectivity index (χ3v) is 5.27. The molecule has 0 bridgehead atoms. The highest BCUT2D eigenvalue weighted by atomic mass is 32.2. The topological polar surface area (TPSA) is 42.0 Å². The summed E-state index contributed by atoms with van der Waals surface area (Å²) in [6.07, 6.45) is 1.37. The largest absolute Gasteiger partial charge is 0.316 e. The van der Waals surface area contributed by atoms with Crippen LogP contribution >= 0.6 is 23.1 Å². The lowest BCUT2D eigenvalue weighted by Crippen LogP contribution is -2.11. The monoisotopic (exact) mass is 354 g/mol. The Morgan fingerprint density at radius 2 is 1.75 bits per heavy atom. The fourth-order valence-electron chi connectivity index (χ4n) is 2.27. The maximum atomic E-state index is 12.2. The van der Waals surface area contributed by atoms with Gasteiger partial charge in [0.25, 0.3) is 0 Å². The summed E-state index contributed by atoms with van der Waals surface area (Å²) in [6, 6.07) is 20.2. The van der Waals surface area contributed by atoms with Gasteiger partial charge in [0.15, 0.2) is 0 Å². The van der Waals surface area contributed by atoms with Crippen LogP contribution in [0.4, 0.5) is 5.00 Å². The molecular formula is C19H18N2OS2. The van der Waals surface area contributed by atoms with Gasteiger partial charge < -0.3 is 5.32 Å². The van der Waals surface area contributed by atoms with Gasteiger partial charge in [-0.1, -0.05) is 48.5 Å². The number of nitrogens with one attached hydrogen (secondary N) is 1. The second-order valence-electron chi connectivity index (χ2n) is 5.21. The van der Waals surface area contributed by atoms with Crippen LogP contribution in [0.1, 0.15) is 12.8 Å². The number of carbonyl (C=O) groups excluding carboxylic acids is 1. The second-order valence-corrected chi connectivity index (χ2v) is 7.23. The summed E-state index contributed by atoms with van der Waals surface area (Å²) in [4.78, 5) is 17.8. The average Bonchev–Trinajstić information content (AvgIpc) is 3.08. The van der Waals surface area contributed by atoms with Crippen molar-refractivity contribution in [3.63, 3.8) is 0 Å². The third-order valence-electron chi connectivity index (χ3n) is 3.43. The van der Waals surface area contributed by atoms with Gasteiger partial charge in [0, 0.05) is 16.9 Å². The fourth-order valence-corrected chi connectivity index (χ4v) is 3.86. The molecule has 1 N–H and O–H groups in total. The van der Waals surface area contributed by atoms with Crippen LogP contribution < -0.4 is 5.32 Å². The van der Waals surface area contributed by atoms with E-state index < -0.39 is 0 Å². The van der Waals surface area contributed by atoms with E-state index in [4.69, 9.17) is 0 Å². The highest BCUT2D eigenvalue weighted by Gasteiger charge is 2.11. The number of thiazole rings is 1. The maximum Gasteiger partial charge on any atom is 0.225 e. The molecule has 3 aromatic rings. The van der Waals surface area contributed by atoms with Crippen molar-refractivity contribution < 1.29 is 4.79 Å². The van der Waals surface area contributed by atoms with E-state index in [9.17, 15) is 4.79 Å². The first-order valence-corrected chi connectivity index (χ1v) is 9.66. The third kappa shape index (κ3) is 4.69. The molecule has 24 heavy (non-hydrogen) atoms. The predicted molar refractivity (Wildman–Crippen MR) is 103 cm³/mol. The lowest BCUT2D eigenvalue weighted by molar-refractivity contribution is -0.116. The van der Waals surface area contributed by atoms with Crippen LogP contribution in [0.3, 0.4) is 0 Å². The van der Waals surface area contributed by atoms with E-state index in [1.807, 2.05) is 48.5 Å². The first-order chi connectivity index (χ1) is 11.8. The summed E-state index contributed by atoms with van der Waals surface area (Å²) < 4.78 is 0. The molecule has 3 rings (SSSR count). The fraction of sp³-hybridized carbons (Fsp3) is 0.158.